The van der Waals surface area contributed by atoms with E-state index in [0.717, 1.165) is 41.1 Å². The van der Waals surface area contributed by atoms with Gasteiger partial charge in [-0.1, -0.05) is 24.6 Å². The maximum absolute atomic E-state index is 12.6. The molecule has 0 spiro atoms. The summed E-state index contributed by atoms with van der Waals surface area (Å²) in [5.41, 5.74) is 3.66. The van der Waals surface area contributed by atoms with E-state index < -0.39 is 5.56 Å². The van der Waals surface area contributed by atoms with Gasteiger partial charge in [-0.15, -0.1) is 0 Å². The molecule has 0 unspecified atom stereocenters. The van der Waals surface area contributed by atoms with Crippen molar-refractivity contribution in [3.05, 3.63) is 82.5 Å². The molecule has 1 aliphatic rings. The first kappa shape index (κ1) is 21.0. The van der Waals surface area contributed by atoms with Crippen LogP contribution < -0.4 is 11.4 Å². The van der Waals surface area contributed by atoms with E-state index in [9.17, 15) is 9.90 Å². The number of nitrogen functional groups attached to an aromatic ring is 1. The van der Waals surface area contributed by atoms with Crippen molar-refractivity contribution in [1.82, 2.24) is 9.58 Å². The van der Waals surface area contributed by atoms with Crippen LogP contribution in [0.25, 0.3) is 21.9 Å². The van der Waals surface area contributed by atoms with Gasteiger partial charge < -0.3 is 15.4 Å². The molecular weight excluding hydrogens is 416 g/mol. The van der Waals surface area contributed by atoms with E-state index in [4.69, 9.17) is 10.3 Å². The van der Waals surface area contributed by atoms with E-state index >= 15 is 0 Å². The average molecular weight is 443 g/mol. The standard InChI is InChI=1S/C26H26N4O3/c27-30-25(31)22-9-6-19(20-10-13-33-17-20)14-23(22)24(26(30)32)15-28-21-7-4-18(5-8-21)16-29-11-2-1-3-12-29/h4-10,13-15,17,32H,1-3,11-12,16,27H2. The number of piperidine rings is 1. The normalized spacial score (nSPS) is 14.9. The lowest BCUT2D eigenvalue weighted by atomic mass is 10.0. The fourth-order valence-corrected chi connectivity index (χ4v) is 4.37. The highest BCUT2D eigenvalue weighted by Gasteiger charge is 2.15. The van der Waals surface area contributed by atoms with Crippen LogP contribution in [-0.4, -0.2) is 34.0 Å². The molecule has 168 valence electrons. The predicted molar refractivity (Wildman–Crippen MR) is 131 cm³/mol. The third kappa shape index (κ3) is 4.27. The van der Waals surface area contributed by atoms with Gasteiger partial charge in [0, 0.05) is 29.1 Å². The van der Waals surface area contributed by atoms with Gasteiger partial charge in [0.05, 0.1) is 23.8 Å². The summed E-state index contributed by atoms with van der Waals surface area (Å²) in [5.74, 6) is 5.50. The average Bonchev–Trinajstić information content (AvgIpc) is 3.39. The van der Waals surface area contributed by atoms with E-state index in [1.54, 1.807) is 24.8 Å². The van der Waals surface area contributed by atoms with Gasteiger partial charge in [0.15, 0.2) is 0 Å². The Kier molecular flexibility index (Phi) is 5.71. The zero-order valence-electron chi connectivity index (χ0n) is 18.3. The quantitative estimate of drug-likeness (QED) is 0.352. The molecule has 0 bridgehead atoms. The molecule has 7 nitrogen and oxygen atoms in total. The van der Waals surface area contributed by atoms with E-state index in [2.05, 4.69) is 22.0 Å². The molecule has 0 atom stereocenters. The minimum atomic E-state index is -0.472. The summed E-state index contributed by atoms with van der Waals surface area (Å²) < 4.78 is 5.93. The Labute approximate surface area is 191 Å². The lowest BCUT2D eigenvalue weighted by Gasteiger charge is -2.26. The Bertz CT molecular complexity index is 1350. The predicted octanol–water partition coefficient (Wildman–Crippen LogP) is 4.42. The number of benzene rings is 2. The number of pyridine rings is 1. The van der Waals surface area contributed by atoms with Crippen LogP contribution in [0.15, 0.2) is 75.3 Å². The van der Waals surface area contributed by atoms with Gasteiger partial charge in [-0.25, -0.2) is 0 Å². The first-order valence-corrected chi connectivity index (χ1v) is 11.1. The molecule has 5 rings (SSSR count). The summed E-state index contributed by atoms with van der Waals surface area (Å²) in [6.07, 6.45) is 8.64. The van der Waals surface area contributed by atoms with Crippen molar-refractivity contribution in [2.45, 2.75) is 25.8 Å². The molecule has 0 saturated carbocycles. The first-order valence-electron chi connectivity index (χ1n) is 11.1. The second-order valence-corrected chi connectivity index (χ2v) is 8.45. The van der Waals surface area contributed by atoms with Gasteiger partial charge in [0.2, 0.25) is 5.88 Å². The molecular formula is C26H26N4O3. The topological polar surface area (TPSA) is 97.0 Å². The summed E-state index contributed by atoms with van der Waals surface area (Å²) >= 11 is 0. The molecule has 0 radical (unpaired) electrons. The number of aromatic hydroxyl groups is 1. The number of nitrogens with zero attached hydrogens (tertiary/aromatic N) is 3. The molecule has 0 aliphatic carbocycles. The van der Waals surface area contributed by atoms with Crippen molar-refractivity contribution in [2.75, 3.05) is 18.9 Å². The van der Waals surface area contributed by atoms with E-state index in [-0.39, 0.29) is 5.88 Å². The molecule has 1 saturated heterocycles. The second kappa shape index (κ2) is 8.96. The maximum Gasteiger partial charge on any atom is 0.279 e. The van der Waals surface area contributed by atoms with Crippen LogP contribution in [0.2, 0.25) is 0 Å². The number of fused-ring (bicyclic) bond motifs is 1. The van der Waals surface area contributed by atoms with Gasteiger partial charge in [-0.05, 0) is 67.4 Å². The number of furan rings is 1. The lowest BCUT2D eigenvalue weighted by molar-refractivity contribution is 0.221. The summed E-state index contributed by atoms with van der Waals surface area (Å²) in [5, 5.41) is 11.6. The van der Waals surface area contributed by atoms with Crippen LogP contribution in [0.4, 0.5) is 5.69 Å². The Morgan fingerprint density at radius 1 is 1.00 bits per heavy atom. The second-order valence-electron chi connectivity index (χ2n) is 8.45. The highest BCUT2D eigenvalue weighted by Crippen LogP contribution is 2.28. The minimum Gasteiger partial charge on any atom is -0.493 e. The largest absolute Gasteiger partial charge is 0.493 e. The molecule has 4 aromatic rings. The van der Waals surface area contributed by atoms with Gasteiger partial charge in [0.1, 0.15) is 0 Å². The fraction of sp³-hybridized carbons (Fsp3) is 0.231. The number of hydrogen-bond acceptors (Lipinski definition) is 6. The number of aliphatic imine (C=N–C) groups is 1. The molecule has 3 N–H and O–H groups in total. The van der Waals surface area contributed by atoms with Crippen LogP contribution in [-0.2, 0) is 6.54 Å². The number of hydrogen-bond donors (Lipinski definition) is 2. The maximum atomic E-state index is 12.6. The van der Waals surface area contributed by atoms with Crippen molar-refractivity contribution in [1.29, 1.82) is 0 Å². The summed E-state index contributed by atoms with van der Waals surface area (Å²) in [6, 6.07) is 15.3. The molecule has 1 aliphatic heterocycles. The van der Waals surface area contributed by atoms with Crippen LogP contribution in [0, 0.1) is 0 Å². The van der Waals surface area contributed by atoms with Crippen LogP contribution in [0.1, 0.15) is 30.4 Å². The monoisotopic (exact) mass is 442 g/mol. The number of likely N-dealkylation sites (tertiary alicyclic amines) is 1. The van der Waals surface area contributed by atoms with E-state index in [1.165, 1.54) is 24.8 Å². The third-order valence-electron chi connectivity index (χ3n) is 6.22. The summed E-state index contributed by atoms with van der Waals surface area (Å²) in [7, 11) is 0. The first-order chi connectivity index (χ1) is 16.1. The summed E-state index contributed by atoms with van der Waals surface area (Å²) in [4.78, 5) is 19.6. The van der Waals surface area contributed by atoms with Gasteiger partial charge in [-0.3, -0.25) is 14.7 Å². The Morgan fingerprint density at radius 3 is 2.52 bits per heavy atom. The lowest BCUT2D eigenvalue weighted by Crippen LogP contribution is -2.28. The molecule has 3 heterocycles. The Morgan fingerprint density at radius 2 is 1.79 bits per heavy atom. The van der Waals surface area contributed by atoms with Crippen molar-refractivity contribution in [2.24, 2.45) is 4.99 Å². The zero-order valence-corrected chi connectivity index (χ0v) is 18.3. The van der Waals surface area contributed by atoms with E-state index in [0.29, 0.717) is 16.3 Å². The molecule has 33 heavy (non-hydrogen) atoms. The zero-order chi connectivity index (χ0) is 22.8. The van der Waals surface area contributed by atoms with Gasteiger partial charge >= 0.3 is 0 Å². The van der Waals surface area contributed by atoms with Gasteiger partial charge in [-0.2, -0.15) is 4.68 Å². The SMILES string of the molecule is Nn1c(O)c(C=Nc2ccc(CN3CCCCC3)cc2)c2cc(-c3ccoc3)ccc2c1=O. The summed E-state index contributed by atoms with van der Waals surface area (Å²) in [6.45, 7) is 3.26. The third-order valence-corrected chi connectivity index (χ3v) is 6.22. The van der Waals surface area contributed by atoms with E-state index in [1.807, 2.05) is 30.3 Å². The molecule has 7 heteroatoms. The molecule has 1 fully saturated rings. The fourth-order valence-electron chi connectivity index (χ4n) is 4.37. The number of aromatic nitrogens is 1. The molecule has 2 aromatic carbocycles. The Hall–Kier alpha value is -3.84. The van der Waals surface area contributed by atoms with Gasteiger partial charge in [0.25, 0.3) is 5.56 Å². The minimum absolute atomic E-state index is 0.331. The molecule has 2 aromatic heterocycles. The van der Waals surface area contributed by atoms with Crippen LogP contribution in [0.5, 0.6) is 5.88 Å². The van der Waals surface area contributed by atoms with Crippen molar-refractivity contribution < 1.29 is 9.52 Å². The molecule has 0 amide bonds. The Balaban J connectivity index is 1.47. The highest BCUT2D eigenvalue weighted by atomic mass is 16.3. The highest BCUT2D eigenvalue weighted by molar-refractivity contribution is 6.03. The van der Waals surface area contributed by atoms with Crippen LogP contribution >= 0.6 is 0 Å². The smallest absolute Gasteiger partial charge is 0.279 e. The number of rotatable bonds is 5. The van der Waals surface area contributed by atoms with Crippen molar-refractivity contribution in [3.8, 4) is 17.0 Å². The van der Waals surface area contributed by atoms with Crippen LogP contribution in [0.3, 0.4) is 0 Å². The van der Waals surface area contributed by atoms with Crippen molar-refractivity contribution >= 4 is 22.7 Å². The number of nitrogens with two attached hydrogens (primary N) is 1. The van der Waals surface area contributed by atoms with Crippen molar-refractivity contribution in [3.63, 3.8) is 0 Å².